The Morgan fingerprint density at radius 2 is 1.78 bits per heavy atom. The van der Waals surface area contributed by atoms with Gasteiger partial charge in [-0.3, -0.25) is 19.8 Å². The Labute approximate surface area is 158 Å². The molecule has 0 unspecified atom stereocenters. The number of benzene rings is 2. The summed E-state index contributed by atoms with van der Waals surface area (Å²) in [5.74, 6) is -0.332. The summed E-state index contributed by atoms with van der Waals surface area (Å²) in [6, 6.07) is 12.6. The van der Waals surface area contributed by atoms with Crippen LogP contribution in [0.3, 0.4) is 0 Å². The zero-order valence-corrected chi connectivity index (χ0v) is 15.4. The second-order valence-corrected chi connectivity index (χ2v) is 6.72. The average molecular weight is 368 g/mol. The van der Waals surface area contributed by atoms with Crippen molar-refractivity contribution >= 4 is 17.3 Å². The number of carbonyl (C=O) groups excluding carboxylic acids is 1. The van der Waals surface area contributed by atoms with Crippen molar-refractivity contribution in [1.29, 1.82) is 0 Å². The number of nitrogens with zero attached hydrogens (tertiary/aromatic N) is 2. The van der Waals surface area contributed by atoms with Crippen LogP contribution in [0.1, 0.15) is 34.3 Å². The van der Waals surface area contributed by atoms with Crippen LogP contribution in [-0.2, 0) is 13.1 Å². The third kappa shape index (κ3) is 4.83. The van der Waals surface area contributed by atoms with Crippen molar-refractivity contribution < 1.29 is 9.72 Å². The topological polar surface area (TPSA) is 87.5 Å². The smallest absolute Gasteiger partial charge is 0.293 e. The molecular weight excluding hydrogens is 344 g/mol. The van der Waals surface area contributed by atoms with E-state index < -0.39 is 4.92 Å². The number of nitro groups is 1. The van der Waals surface area contributed by atoms with Gasteiger partial charge in [0.05, 0.1) is 4.92 Å². The van der Waals surface area contributed by atoms with Crippen LogP contribution in [0, 0.1) is 10.1 Å². The molecule has 0 aromatic heterocycles. The molecule has 142 valence electrons. The van der Waals surface area contributed by atoms with E-state index in [1.54, 1.807) is 19.2 Å². The fraction of sp³-hybridized carbons (Fsp3) is 0.350. The molecule has 2 aromatic carbocycles. The fourth-order valence-corrected chi connectivity index (χ4v) is 3.28. The Hall–Kier alpha value is -2.93. The second-order valence-electron chi connectivity index (χ2n) is 6.72. The van der Waals surface area contributed by atoms with Crippen LogP contribution in [-0.4, -0.2) is 35.9 Å². The van der Waals surface area contributed by atoms with Crippen molar-refractivity contribution in [2.45, 2.75) is 25.9 Å². The van der Waals surface area contributed by atoms with E-state index >= 15 is 0 Å². The molecule has 3 rings (SSSR count). The van der Waals surface area contributed by atoms with Crippen LogP contribution in [0.15, 0.2) is 42.5 Å². The molecule has 1 saturated heterocycles. The van der Waals surface area contributed by atoms with Crippen LogP contribution in [0.4, 0.5) is 11.4 Å². The van der Waals surface area contributed by atoms with E-state index in [-0.39, 0.29) is 17.2 Å². The minimum atomic E-state index is -0.498. The van der Waals surface area contributed by atoms with E-state index in [0.29, 0.717) is 12.2 Å². The van der Waals surface area contributed by atoms with Gasteiger partial charge in [0.1, 0.15) is 5.69 Å². The van der Waals surface area contributed by atoms with Crippen molar-refractivity contribution in [1.82, 2.24) is 10.2 Å². The predicted octanol–water partition coefficient (Wildman–Crippen LogP) is 3.16. The van der Waals surface area contributed by atoms with Gasteiger partial charge in [0.15, 0.2) is 0 Å². The lowest BCUT2D eigenvalue weighted by atomic mass is 10.1. The van der Waals surface area contributed by atoms with E-state index in [9.17, 15) is 14.9 Å². The SMILES string of the molecule is CNc1ccc(C(=O)NCc2ccc(CN3CCCC3)cc2)cc1[N+](=O)[O-]. The van der Waals surface area contributed by atoms with Gasteiger partial charge in [-0.25, -0.2) is 0 Å². The molecule has 0 spiro atoms. The van der Waals surface area contributed by atoms with Crippen LogP contribution in [0.25, 0.3) is 0 Å². The summed E-state index contributed by atoms with van der Waals surface area (Å²) in [6.07, 6.45) is 2.55. The predicted molar refractivity (Wildman–Crippen MR) is 105 cm³/mol. The van der Waals surface area contributed by atoms with Crippen molar-refractivity contribution in [3.8, 4) is 0 Å². The van der Waals surface area contributed by atoms with Crippen LogP contribution >= 0.6 is 0 Å². The molecule has 0 radical (unpaired) electrons. The Kier molecular flexibility index (Phi) is 6.03. The van der Waals surface area contributed by atoms with Crippen LogP contribution < -0.4 is 10.6 Å². The quantitative estimate of drug-likeness (QED) is 0.579. The number of anilines is 1. The highest BCUT2D eigenvalue weighted by atomic mass is 16.6. The van der Waals surface area contributed by atoms with Crippen LogP contribution in [0.5, 0.6) is 0 Å². The molecule has 0 bridgehead atoms. The lowest BCUT2D eigenvalue weighted by Crippen LogP contribution is -2.23. The number of nitro benzene ring substituents is 1. The summed E-state index contributed by atoms with van der Waals surface area (Å²) in [5.41, 5.74) is 2.80. The summed E-state index contributed by atoms with van der Waals surface area (Å²) in [6.45, 7) is 3.67. The number of nitrogens with one attached hydrogen (secondary N) is 2. The second kappa shape index (κ2) is 8.64. The molecular formula is C20H24N4O3. The van der Waals surface area contributed by atoms with E-state index in [1.165, 1.54) is 24.5 Å². The number of hydrogen-bond donors (Lipinski definition) is 2. The molecule has 1 aliphatic heterocycles. The summed E-state index contributed by atoms with van der Waals surface area (Å²) in [4.78, 5) is 25.4. The summed E-state index contributed by atoms with van der Waals surface area (Å²) in [7, 11) is 1.61. The first-order chi connectivity index (χ1) is 13.1. The lowest BCUT2D eigenvalue weighted by Gasteiger charge is -2.14. The molecule has 0 atom stereocenters. The van der Waals surface area contributed by atoms with Crippen molar-refractivity contribution in [3.05, 3.63) is 69.3 Å². The first-order valence-corrected chi connectivity index (χ1v) is 9.11. The minimum absolute atomic E-state index is 0.114. The molecule has 1 fully saturated rings. The molecule has 0 aliphatic carbocycles. The number of hydrogen-bond acceptors (Lipinski definition) is 5. The highest BCUT2D eigenvalue weighted by Gasteiger charge is 2.16. The largest absolute Gasteiger partial charge is 0.383 e. The van der Waals surface area contributed by atoms with E-state index in [1.807, 2.05) is 12.1 Å². The highest BCUT2D eigenvalue weighted by Crippen LogP contribution is 2.25. The maximum atomic E-state index is 12.3. The first-order valence-electron chi connectivity index (χ1n) is 9.11. The Balaban J connectivity index is 1.58. The van der Waals surface area contributed by atoms with E-state index in [0.717, 1.165) is 25.2 Å². The molecule has 1 aliphatic rings. The maximum absolute atomic E-state index is 12.3. The Bertz CT molecular complexity index is 814. The summed E-state index contributed by atoms with van der Waals surface area (Å²) < 4.78 is 0. The standard InChI is InChI=1S/C20H24N4O3/c1-21-18-9-8-17(12-19(18)24(26)27)20(25)22-13-15-4-6-16(7-5-15)14-23-10-2-3-11-23/h4-9,12,21H,2-3,10-11,13-14H2,1H3,(H,22,25). The summed E-state index contributed by atoms with van der Waals surface area (Å²) in [5, 5.41) is 16.7. The van der Waals surface area contributed by atoms with Crippen molar-refractivity contribution in [2.24, 2.45) is 0 Å². The van der Waals surface area contributed by atoms with E-state index in [2.05, 4.69) is 27.7 Å². The van der Waals surface area contributed by atoms with Gasteiger partial charge in [-0.2, -0.15) is 0 Å². The van der Waals surface area contributed by atoms with Gasteiger partial charge < -0.3 is 10.6 Å². The molecule has 0 saturated carbocycles. The average Bonchev–Trinajstić information content (AvgIpc) is 3.19. The number of amides is 1. The van der Waals surface area contributed by atoms with Crippen molar-refractivity contribution in [3.63, 3.8) is 0 Å². The Morgan fingerprint density at radius 3 is 2.41 bits per heavy atom. The van der Waals surface area contributed by atoms with Gasteiger partial charge in [-0.15, -0.1) is 0 Å². The summed E-state index contributed by atoms with van der Waals surface area (Å²) >= 11 is 0. The molecule has 7 heteroatoms. The minimum Gasteiger partial charge on any atom is -0.383 e. The third-order valence-electron chi connectivity index (χ3n) is 4.81. The Morgan fingerprint density at radius 1 is 1.11 bits per heavy atom. The van der Waals surface area contributed by atoms with Gasteiger partial charge in [0, 0.05) is 31.8 Å². The fourth-order valence-electron chi connectivity index (χ4n) is 3.28. The zero-order valence-electron chi connectivity index (χ0n) is 15.4. The van der Waals surface area contributed by atoms with Gasteiger partial charge >= 0.3 is 0 Å². The van der Waals surface area contributed by atoms with Gasteiger partial charge in [-0.1, -0.05) is 24.3 Å². The van der Waals surface area contributed by atoms with Crippen LogP contribution in [0.2, 0.25) is 0 Å². The molecule has 7 nitrogen and oxygen atoms in total. The monoisotopic (exact) mass is 368 g/mol. The third-order valence-corrected chi connectivity index (χ3v) is 4.81. The number of carbonyl (C=O) groups is 1. The molecule has 2 N–H and O–H groups in total. The molecule has 1 amide bonds. The van der Waals surface area contributed by atoms with E-state index in [4.69, 9.17) is 0 Å². The van der Waals surface area contributed by atoms with Gasteiger partial charge in [0.25, 0.3) is 11.6 Å². The van der Waals surface area contributed by atoms with Gasteiger partial charge in [-0.05, 0) is 49.2 Å². The van der Waals surface area contributed by atoms with Crippen molar-refractivity contribution in [2.75, 3.05) is 25.5 Å². The van der Waals surface area contributed by atoms with Gasteiger partial charge in [0.2, 0.25) is 0 Å². The maximum Gasteiger partial charge on any atom is 0.293 e. The number of rotatable bonds is 7. The normalized spacial score (nSPS) is 14.1. The number of likely N-dealkylation sites (tertiary alicyclic amines) is 1. The molecule has 2 aromatic rings. The molecule has 1 heterocycles. The highest BCUT2D eigenvalue weighted by molar-refractivity contribution is 5.95. The lowest BCUT2D eigenvalue weighted by molar-refractivity contribution is -0.384. The zero-order chi connectivity index (χ0) is 19.2. The molecule has 27 heavy (non-hydrogen) atoms. The first kappa shape index (κ1) is 18.8.